The van der Waals surface area contributed by atoms with E-state index in [2.05, 4.69) is 19.1 Å². The Morgan fingerprint density at radius 1 is 1.05 bits per heavy atom. The van der Waals surface area contributed by atoms with Gasteiger partial charge in [0.15, 0.2) is 0 Å². The zero-order valence-corrected chi connectivity index (χ0v) is 13.6. The lowest BCUT2D eigenvalue weighted by atomic mass is 10.0. The van der Waals surface area contributed by atoms with Crippen molar-refractivity contribution in [3.8, 4) is 0 Å². The first-order chi connectivity index (χ1) is 9.97. The van der Waals surface area contributed by atoms with Crippen LogP contribution in [0.3, 0.4) is 0 Å². The Bertz CT molecular complexity index is 365. The number of hydrogen-bond donors (Lipinski definition) is 2. The second-order valence-electron chi connectivity index (χ2n) is 5.45. The average Bonchev–Trinajstić information content (AvgIpc) is 2.42. The van der Waals surface area contributed by atoms with Crippen LogP contribution in [0.5, 0.6) is 0 Å². The van der Waals surface area contributed by atoms with E-state index in [1.165, 1.54) is 50.5 Å². The maximum atomic E-state index is 9.41. The van der Waals surface area contributed by atoms with Crippen molar-refractivity contribution < 1.29 is 15.0 Å². The van der Waals surface area contributed by atoms with Crippen LogP contribution in [0, 0.1) is 0 Å². The molecule has 0 fully saturated rings. The number of unbranched alkanes of at least 4 members (excludes halogenated alkanes) is 5. The largest absolute Gasteiger partial charge is 0.481 e. The van der Waals surface area contributed by atoms with Gasteiger partial charge in [-0.25, -0.2) is 0 Å². The Kier molecular flexibility index (Phi) is 11.6. The SMILES string of the molecule is CC(=O)O.CCCCCCCCc1ccc(C(C)O)cc1. The third kappa shape index (κ3) is 12.1. The molecule has 0 amide bonds. The highest BCUT2D eigenvalue weighted by Gasteiger charge is 2.00. The second kappa shape index (κ2) is 12.4. The summed E-state index contributed by atoms with van der Waals surface area (Å²) in [6.07, 6.45) is 8.92. The van der Waals surface area contributed by atoms with Crippen LogP contribution in [-0.2, 0) is 11.2 Å². The van der Waals surface area contributed by atoms with Crippen LogP contribution in [-0.4, -0.2) is 16.2 Å². The van der Waals surface area contributed by atoms with Gasteiger partial charge < -0.3 is 10.2 Å². The minimum absolute atomic E-state index is 0.349. The van der Waals surface area contributed by atoms with Crippen molar-refractivity contribution in [3.63, 3.8) is 0 Å². The van der Waals surface area contributed by atoms with E-state index in [1.54, 1.807) is 0 Å². The van der Waals surface area contributed by atoms with Gasteiger partial charge >= 0.3 is 0 Å². The van der Waals surface area contributed by atoms with Crippen molar-refractivity contribution in [3.05, 3.63) is 35.4 Å². The van der Waals surface area contributed by atoms with Crippen molar-refractivity contribution >= 4 is 5.97 Å². The Hall–Kier alpha value is -1.35. The first kappa shape index (κ1) is 19.7. The fourth-order valence-corrected chi connectivity index (χ4v) is 2.07. The number of carbonyl (C=O) groups is 1. The third-order valence-electron chi connectivity index (χ3n) is 3.28. The molecule has 1 aromatic carbocycles. The molecule has 1 atom stereocenters. The van der Waals surface area contributed by atoms with Crippen LogP contribution in [0.1, 0.15) is 76.5 Å². The molecule has 3 nitrogen and oxygen atoms in total. The summed E-state index contributed by atoms with van der Waals surface area (Å²) in [4.78, 5) is 9.00. The fraction of sp³-hybridized carbons (Fsp3) is 0.611. The van der Waals surface area contributed by atoms with E-state index in [4.69, 9.17) is 9.90 Å². The molecule has 120 valence electrons. The topological polar surface area (TPSA) is 57.5 Å². The van der Waals surface area contributed by atoms with Gasteiger partial charge in [-0.15, -0.1) is 0 Å². The van der Waals surface area contributed by atoms with E-state index in [1.807, 2.05) is 19.1 Å². The summed E-state index contributed by atoms with van der Waals surface area (Å²) in [5, 5.41) is 16.8. The number of rotatable bonds is 8. The molecule has 0 heterocycles. The zero-order valence-electron chi connectivity index (χ0n) is 13.6. The van der Waals surface area contributed by atoms with Gasteiger partial charge in [0.25, 0.3) is 5.97 Å². The maximum absolute atomic E-state index is 9.41. The molecule has 0 saturated heterocycles. The number of aryl methyl sites for hydroxylation is 1. The molecule has 3 heteroatoms. The Morgan fingerprint density at radius 2 is 1.52 bits per heavy atom. The Morgan fingerprint density at radius 3 is 2.00 bits per heavy atom. The van der Waals surface area contributed by atoms with Crippen LogP contribution >= 0.6 is 0 Å². The number of aliphatic hydroxyl groups excluding tert-OH is 1. The van der Waals surface area contributed by atoms with Gasteiger partial charge in [-0.05, 0) is 30.9 Å². The van der Waals surface area contributed by atoms with Crippen LogP contribution in [0.15, 0.2) is 24.3 Å². The maximum Gasteiger partial charge on any atom is 0.300 e. The summed E-state index contributed by atoms with van der Waals surface area (Å²) in [5.41, 5.74) is 2.40. The minimum atomic E-state index is -0.833. The van der Waals surface area contributed by atoms with Gasteiger partial charge in [0, 0.05) is 6.92 Å². The smallest absolute Gasteiger partial charge is 0.300 e. The number of hydrogen-bond acceptors (Lipinski definition) is 2. The fourth-order valence-electron chi connectivity index (χ4n) is 2.07. The molecule has 0 aliphatic heterocycles. The predicted octanol–water partition coefficient (Wildman–Crippen LogP) is 4.73. The van der Waals surface area contributed by atoms with Crippen LogP contribution in [0.25, 0.3) is 0 Å². The molecule has 21 heavy (non-hydrogen) atoms. The lowest BCUT2D eigenvalue weighted by Crippen LogP contribution is -1.92. The van der Waals surface area contributed by atoms with E-state index in [-0.39, 0.29) is 6.10 Å². The summed E-state index contributed by atoms with van der Waals surface area (Å²) in [6, 6.07) is 8.37. The van der Waals surface area contributed by atoms with Crippen molar-refractivity contribution in [2.24, 2.45) is 0 Å². The van der Waals surface area contributed by atoms with Crippen molar-refractivity contribution in [2.75, 3.05) is 0 Å². The van der Waals surface area contributed by atoms with Gasteiger partial charge in [-0.2, -0.15) is 0 Å². The second-order valence-corrected chi connectivity index (χ2v) is 5.45. The van der Waals surface area contributed by atoms with Gasteiger partial charge in [0.1, 0.15) is 0 Å². The molecule has 0 saturated carbocycles. The molecule has 0 spiro atoms. The Balaban J connectivity index is 0.000000885. The quantitative estimate of drug-likeness (QED) is 0.681. The first-order valence-electron chi connectivity index (χ1n) is 7.93. The molecule has 2 N–H and O–H groups in total. The van der Waals surface area contributed by atoms with E-state index in [9.17, 15) is 5.11 Å². The summed E-state index contributed by atoms with van der Waals surface area (Å²) in [6.45, 7) is 5.15. The monoisotopic (exact) mass is 294 g/mol. The normalized spacial score (nSPS) is 11.4. The molecule has 0 aliphatic rings. The van der Waals surface area contributed by atoms with Crippen molar-refractivity contribution in [2.45, 2.75) is 71.8 Å². The lowest BCUT2D eigenvalue weighted by molar-refractivity contribution is -0.134. The molecule has 1 unspecified atom stereocenters. The predicted molar refractivity (Wildman–Crippen MR) is 87.5 cm³/mol. The van der Waals surface area contributed by atoms with Crippen molar-refractivity contribution in [1.82, 2.24) is 0 Å². The average molecular weight is 294 g/mol. The number of benzene rings is 1. The number of aliphatic carboxylic acids is 1. The van der Waals surface area contributed by atoms with Gasteiger partial charge in [-0.3, -0.25) is 4.79 Å². The summed E-state index contributed by atoms with van der Waals surface area (Å²) in [5.74, 6) is -0.833. The molecule has 0 aliphatic carbocycles. The van der Waals surface area contributed by atoms with E-state index >= 15 is 0 Å². The van der Waals surface area contributed by atoms with E-state index in [0.717, 1.165) is 12.5 Å². The standard InChI is InChI=1S/C16H26O.C2H4O2/c1-3-4-5-6-7-8-9-15-10-12-16(13-11-15)14(2)17;1-2(3)4/h10-14,17H,3-9H2,1-2H3;1H3,(H,3,4). The highest BCUT2D eigenvalue weighted by Crippen LogP contribution is 2.15. The summed E-state index contributed by atoms with van der Waals surface area (Å²) < 4.78 is 0. The summed E-state index contributed by atoms with van der Waals surface area (Å²) >= 11 is 0. The molecule has 1 rings (SSSR count). The number of carboxylic acids is 1. The van der Waals surface area contributed by atoms with E-state index < -0.39 is 5.97 Å². The molecule has 0 radical (unpaired) electrons. The highest BCUT2D eigenvalue weighted by atomic mass is 16.4. The van der Waals surface area contributed by atoms with Crippen LogP contribution < -0.4 is 0 Å². The molecule has 0 bridgehead atoms. The third-order valence-corrected chi connectivity index (χ3v) is 3.28. The van der Waals surface area contributed by atoms with Gasteiger partial charge in [0.05, 0.1) is 6.10 Å². The van der Waals surface area contributed by atoms with Gasteiger partial charge in [-0.1, -0.05) is 63.3 Å². The van der Waals surface area contributed by atoms with E-state index in [0.29, 0.717) is 0 Å². The lowest BCUT2D eigenvalue weighted by Gasteiger charge is -2.06. The van der Waals surface area contributed by atoms with Crippen LogP contribution in [0.4, 0.5) is 0 Å². The molecule has 0 aromatic heterocycles. The van der Waals surface area contributed by atoms with Crippen molar-refractivity contribution in [1.29, 1.82) is 0 Å². The minimum Gasteiger partial charge on any atom is -0.481 e. The highest BCUT2D eigenvalue weighted by molar-refractivity contribution is 5.62. The molecule has 1 aromatic rings. The number of carboxylic acid groups (broad SMARTS) is 1. The molecular weight excluding hydrogens is 264 g/mol. The first-order valence-corrected chi connectivity index (χ1v) is 7.93. The Labute approximate surface area is 129 Å². The van der Waals surface area contributed by atoms with Gasteiger partial charge in [0.2, 0.25) is 0 Å². The molecular formula is C18H30O3. The summed E-state index contributed by atoms with van der Waals surface area (Å²) in [7, 11) is 0. The zero-order chi connectivity index (χ0) is 16.1. The number of aliphatic hydroxyl groups is 1. The van der Waals surface area contributed by atoms with Crippen LogP contribution in [0.2, 0.25) is 0 Å².